The Labute approximate surface area is 149 Å². The number of nitrogens with zero attached hydrogens (tertiary/aromatic N) is 1. The summed E-state index contributed by atoms with van der Waals surface area (Å²) in [7, 11) is 0. The van der Waals surface area contributed by atoms with E-state index in [1.54, 1.807) is 11.8 Å². The molecule has 1 aromatic rings. The van der Waals surface area contributed by atoms with Gasteiger partial charge >= 0.3 is 0 Å². The molecule has 1 aliphatic rings. The molecule has 1 saturated heterocycles. The maximum absolute atomic E-state index is 12.1. The highest BCUT2D eigenvalue weighted by Gasteiger charge is 2.19. The SMILES string of the molecule is CCCOc1ccc(OCCSCC(=O)N2CCC(C)CC2)cc1. The van der Waals surface area contributed by atoms with Crippen molar-refractivity contribution in [2.45, 2.75) is 33.1 Å². The number of hydrogen-bond donors (Lipinski definition) is 0. The minimum Gasteiger partial charge on any atom is -0.494 e. The molecule has 0 unspecified atom stereocenters. The molecule has 134 valence electrons. The van der Waals surface area contributed by atoms with E-state index in [0.29, 0.717) is 12.4 Å². The molecule has 0 aliphatic carbocycles. The van der Waals surface area contributed by atoms with Crippen molar-refractivity contribution in [2.75, 3.05) is 37.8 Å². The Morgan fingerprint density at radius 1 is 1.12 bits per heavy atom. The summed E-state index contributed by atoms with van der Waals surface area (Å²) in [6, 6.07) is 7.71. The van der Waals surface area contributed by atoms with E-state index in [2.05, 4.69) is 13.8 Å². The van der Waals surface area contributed by atoms with E-state index in [4.69, 9.17) is 9.47 Å². The van der Waals surface area contributed by atoms with Crippen LogP contribution >= 0.6 is 11.8 Å². The fourth-order valence-corrected chi connectivity index (χ4v) is 3.28. The highest BCUT2D eigenvalue weighted by molar-refractivity contribution is 7.99. The standard InChI is InChI=1S/C19H29NO3S/c1-3-12-22-17-4-6-18(7-5-17)23-13-14-24-15-19(21)20-10-8-16(2)9-11-20/h4-7,16H,3,8-15H2,1-2H3. The van der Waals surface area contributed by atoms with Crippen LogP contribution < -0.4 is 9.47 Å². The first-order chi connectivity index (χ1) is 11.7. The van der Waals surface area contributed by atoms with E-state index in [1.807, 2.05) is 29.2 Å². The van der Waals surface area contributed by atoms with Crippen LogP contribution in [0.25, 0.3) is 0 Å². The Bertz CT molecular complexity index is 484. The van der Waals surface area contributed by atoms with Crippen molar-refractivity contribution >= 4 is 17.7 Å². The average Bonchev–Trinajstić information content (AvgIpc) is 2.61. The van der Waals surface area contributed by atoms with Gasteiger partial charge in [-0.15, -0.1) is 11.8 Å². The molecule has 1 heterocycles. The Balaban J connectivity index is 1.57. The van der Waals surface area contributed by atoms with Crippen LogP contribution in [-0.4, -0.2) is 48.6 Å². The zero-order valence-corrected chi connectivity index (χ0v) is 15.6. The van der Waals surface area contributed by atoms with Gasteiger partial charge in [0, 0.05) is 18.8 Å². The van der Waals surface area contributed by atoms with Crippen LogP contribution in [-0.2, 0) is 4.79 Å². The largest absolute Gasteiger partial charge is 0.494 e. The van der Waals surface area contributed by atoms with Gasteiger partial charge < -0.3 is 14.4 Å². The third-order valence-corrected chi connectivity index (χ3v) is 5.06. The molecule has 0 spiro atoms. The lowest BCUT2D eigenvalue weighted by atomic mass is 9.99. The van der Waals surface area contributed by atoms with Crippen molar-refractivity contribution in [3.05, 3.63) is 24.3 Å². The summed E-state index contributed by atoms with van der Waals surface area (Å²) in [4.78, 5) is 14.1. The second kappa shape index (κ2) is 10.5. The lowest BCUT2D eigenvalue weighted by Gasteiger charge is -2.30. The molecule has 1 aromatic carbocycles. The van der Waals surface area contributed by atoms with Gasteiger partial charge in [-0.1, -0.05) is 13.8 Å². The van der Waals surface area contributed by atoms with Crippen LogP contribution in [0, 0.1) is 5.92 Å². The summed E-state index contributed by atoms with van der Waals surface area (Å²) < 4.78 is 11.2. The summed E-state index contributed by atoms with van der Waals surface area (Å²) in [6.45, 7) is 7.54. The number of likely N-dealkylation sites (tertiary alicyclic amines) is 1. The third-order valence-electron chi connectivity index (χ3n) is 4.15. The molecule has 1 aliphatic heterocycles. The molecule has 1 amide bonds. The Morgan fingerprint density at radius 3 is 2.29 bits per heavy atom. The van der Waals surface area contributed by atoms with E-state index in [9.17, 15) is 4.79 Å². The van der Waals surface area contributed by atoms with Crippen molar-refractivity contribution in [3.8, 4) is 11.5 Å². The zero-order valence-electron chi connectivity index (χ0n) is 14.8. The van der Waals surface area contributed by atoms with E-state index in [1.165, 1.54) is 0 Å². The predicted molar refractivity (Wildman–Crippen MR) is 100 cm³/mol. The second-order valence-electron chi connectivity index (χ2n) is 6.28. The van der Waals surface area contributed by atoms with Gasteiger partial charge in [0.05, 0.1) is 19.0 Å². The van der Waals surface area contributed by atoms with E-state index in [0.717, 1.165) is 62.1 Å². The van der Waals surface area contributed by atoms with Gasteiger partial charge in [0.1, 0.15) is 11.5 Å². The van der Waals surface area contributed by atoms with Crippen LogP contribution in [0.1, 0.15) is 33.1 Å². The molecular weight excluding hydrogens is 322 g/mol. The van der Waals surface area contributed by atoms with Crippen molar-refractivity contribution < 1.29 is 14.3 Å². The number of rotatable bonds is 9. The molecule has 1 fully saturated rings. The fraction of sp³-hybridized carbons (Fsp3) is 0.632. The highest BCUT2D eigenvalue weighted by Crippen LogP contribution is 2.19. The normalized spacial score (nSPS) is 15.3. The quantitative estimate of drug-likeness (QED) is 0.634. The maximum atomic E-state index is 12.1. The second-order valence-corrected chi connectivity index (χ2v) is 7.39. The van der Waals surface area contributed by atoms with Gasteiger partial charge in [0.15, 0.2) is 0 Å². The monoisotopic (exact) mass is 351 g/mol. The van der Waals surface area contributed by atoms with Gasteiger partial charge in [-0.05, 0) is 49.4 Å². The molecule has 4 nitrogen and oxygen atoms in total. The van der Waals surface area contributed by atoms with Crippen molar-refractivity contribution in [1.82, 2.24) is 4.90 Å². The van der Waals surface area contributed by atoms with Crippen LogP contribution in [0.2, 0.25) is 0 Å². The van der Waals surface area contributed by atoms with Gasteiger partial charge in [0.2, 0.25) is 5.91 Å². The van der Waals surface area contributed by atoms with Crippen molar-refractivity contribution in [3.63, 3.8) is 0 Å². The Hall–Kier alpha value is -1.36. The lowest BCUT2D eigenvalue weighted by molar-refractivity contribution is -0.129. The number of ether oxygens (including phenoxy) is 2. The first-order valence-corrected chi connectivity index (χ1v) is 10.1. The third kappa shape index (κ3) is 6.63. The Kier molecular flexibility index (Phi) is 8.29. The van der Waals surface area contributed by atoms with Gasteiger partial charge in [-0.2, -0.15) is 0 Å². The Morgan fingerprint density at radius 2 is 1.71 bits per heavy atom. The van der Waals surface area contributed by atoms with E-state index >= 15 is 0 Å². The molecular formula is C19H29NO3S. The number of thioether (sulfide) groups is 1. The van der Waals surface area contributed by atoms with Crippen LogP contribution in [0.5, 0.6) is 11.5 Å². The van der Waals surface area contributed by atoms with Crippen LogP contribution in [0.3, 0.4) is 0 Å². The maximum Gasteiger partial charge on any atom is 0.232 e. The molecule has 2 rings (SSSR count). The average molecular weight is 352 g/mol. The minimum atomic E-state index is 0.268. The van der Waals surface area contributed by atoms with Crippen molar-refractivity contribution in [2.24, 2.45) is 5.92 Å². The molecule has 24 heavy (non-hydrogen) atoms. The molecule has 0 radical (unpaired) electrons. The van der Waals surface area contributed by atoms with Crippen LogP contribution in [0.4, 0.5) is 0 Å². The number of piperidine rings is 1. The summed E-state index contributed by atoms with van der Waals surface area (Å²) in [5.74, 6) is 4.13. The summed E-state index contributed by atoms with van der Waals surface area (Å²) >= 11 is 1.65. The number of carbonyl (C=O) groups excluding carboxylic acids is 1. The molecule has 0 aromatic heterocycles. The van der Waals surface area contributed by atoms with Crippen LogP contribution in [0.15, 0.2) is 24.3 Å². The number of carbonyl (C=O) groups is 1. The van der Waals surface area contributed by atoms with Gasteiger partial charge in [-0.25, -0.2) is 0 Å². The van der Waals surface area contributed by atoms with Crippen molar-refractivity contribution in [1.29, 1.82) is 0 Å². The zero-order chi connectivity index (χ0) is 17.2. The molecule has 0 N–H and O–H groups in total. The predicted octanol–water partition coefficient (Wildman–Crippen LogP) is 3.85. The summed E-state index contributed by atoms with van der Waals surface area (Å²) in [5.41, 5.74) is 0. The topological polar surface area (TPSA) is 38.8 Å². The first-order valence-electron chi connectivity index (χ1n) is 8.90. The summed E-state index contributed by atoms with van der Waals surface area (Å²) in [6.07, 6.45) is 3.28. The van der Waals surface area contributed by atoms with E-state index in [-0.39, 0.29) is 5.91 Å². The molecule has 0 bridgehead atoms. The van der Waals surface area contributed by atoms with Gasteiger partial charge in [0.25, 0.3) is 0 Å². The van der Waals surface area contributed by atoms with E-state index < -0.39 is 0 Å². The fourth-order valence-electron chi connectivity index (χ4n) is 2.58. The highest BCUT2D eigenvalue weighted by atomic mass is 32.2. The number of amides is 1. The molecule has 5 heteroatoms. The molecule has 0 saturated carbocycles. The number of hydrogen-bond acceptors (Lipinski definition) is 4. The van der Waals surface area contributed by atoms with Gasteiger partial charge in [-0.3, -0.25) is 4.79 Å². The smallest absolute Gasteiger partial charge is 0.232 e. The lowest BCUT2D eigenvalue weighted by Crippen LogP contribution is -2.39. The first kappa shape index (κ1) is 19.0. The minimum absolute atomic E-state index is 0.268. The number of benzene rings is 1. The summed E-state index contributed by atoms with van der Waals surface area (Å²) in [5, 5.41) is 0. The molecule has 0 atom stereocenters.